The number of fused-ring (bicyclic) bond motifs is 3. The van der Waals surface area contributed by atoms with Crippen LogP contribution in [0, 0.1) is 12.7 Å². The molecule has 0 aliphatic carbocycles. The Morgan fingerprint density at radius 1 is 1.30 bits per heavy atom. The van der Waals surface area contributed by atoms with Gasteiger partial charge in [-0.2, -0.15) is 0 Å². The first-order valence-electron chi connectivity index (χ1n) is 6.81. The summed E-state index contributed by atoms with van der Waals surface area (Å²) in [7, 11) is 0. The molecule has 1 unspecified atom stereocenters. The highest BCUT2D eigenvalue weighted by Gasteiger charge is 2.26. The molecule has 0 radical (unpaired) electrons. The number of thiophene rings is 1. The molecule has 2 aromatic heterocycles. The predicted molar refractivity (Wildman–Crippen MR) is 80.9 cm³/mol. The zero-order valence-corrected chi connectivity index (χ0v) is 12.0. The predicted octanol–water partition coefficient (Wildman–Crippen LogP) is 3.91. The standard InChI is InChI=1S/C16H15FN2S/c1-9-5-7-20-16(9)15-14-11(4-6-18-15)12-8-10(17)2-3-13(12)19-14/h2-3,5,7-8,15,18-19H,4,6H2,1H3. The maximum Gasteiger partial charge on any atom is 0.123 e. The number of halogens is 1. The molecule has 20 heavy (non-hydrogen) atoms. The molecule has 2 N–H and O–H groups in total. The van der Waals surface area contributed by atoms with Gasteiger partial charge in [0.2, 0.25) is 0 Å². The lowest BCUT2D eigenvalue weighted by molar-refractivity contribution is 0.565. The Balaban J connectivity index is 1.93. The van der Waals surface area contributed by atoms with Gasteiger partial charge in [-0.1, -0.05) is 0 Å². The van der Waals surface area contributed by atoms with Crippen LogP contribution in [0.25, 0.3) is 10.9 Å². The number of benzene rings is 1. The molecule has 1 aromatic carbocycles. The Hall–Kier alpha value is -1.65. The highest BCUT2D eigenvalue weighted by atomic mass is 32.1. The number of aromatic nitrogens is 1. The van der Waals surface area contributed by atoms with Crippen LogP contribution in [0.5, 0.6) is 0 Å². The van der Waals surface area contributed by atoms with Crippen molar-refractivity contribution in [3.63, 3.8) is 0 Å². The molecule has 4 heteroatoms. The van der Waals surface area contributed by atoms with Crippen molar-refractivity contribution in [1.29, 1.82) is 0 Å². The Kier molecular flexibility index (Phi) is 2.69. The van der Waals surface area contributed by atoms with Crippen LogP contribution in [0.4, 0.5) is 4.39 Å². The van der Waals surface area contributed by atoms with Gasteiger partial charge in [0.25, 0.3) is 0 Å². The fourth-order valence-corrected chi connectivity index (χ4v) is 4.11. The maximum atomic E-state index is 13.5. The lowest BCUT2D eigenvalue weighted by Gasteiger charge is -2.24. The van der Waals surface area contributed by atoms with E-state index in [9.17, 15) is 4.39 Å². The summed E-state index contributed by atoms with van der Waals surface area (Å²) >= 11 is 1.78. The van der Waals surface area contributed by atoms with Gasteiger partial charge in [-0.3, -0.25) is 0 Å². The quantitative estimate of drug-likeness (QED) is 0.697. The van der Waals surface area contributed by atoms with Gasteiger partial charge in [-0.15, -0.1) is 11.3 Å². The van der Waals surface area contributed by atoms with Crippen molar-refractivity contribution in [3.05, 3.63) is 57.2 Å². The molecular weight excluding hydrogens is 271 g/mol. The van der Waals surface area contributed by atoms with E-state index in [1.165, 1.54) is 27.8 Å². The highest BCUT2D eigenvalue weighted by Crippen LogP contribution is 2.36. The zero-order chi connectivity index (χ0) is 13.7. The van der Waals surface area contributed by atoms with E-state index >= 15 is 0 Å². The van der Waals surface area contributed by atoms with E-state index in [-0.39, 0.29) is 11.9 Å². The summed E-state index contributed by atoms with van der Waals surface area (Å²) in [6.45, 7) is 3.07. The zero-order valence-electron chi connectivity index (χ0n) is 11.2. The number of nitrogens with one attached hydrogen (secondary N) is 2. The van der Waals surface area contributed by atoms with Crippen LogP contribution < -0.4 is 5.32 Å². The Morgan fingerprint density at radius 3 is 3.00 bits per heavy atom. The fraction of sp³-hybridized carbons (Fsp3) is 0.250. The highest BCUT2D eigenvalue weighted by molar-refractivity contribution is 7.10. The Morgan fingerprint density at radius 2 is 2.20 bits per heavy atom. The van der Waals surface area contributed by atoms with E-state index in [1.807, 2.05) is 6.07 Å². The lowest BCUT2D eigenvalue weighted by atomic mass is 9.97. The summed E-state index contributed by atoms with van der Waals surface area (Å²) < 4.78 is 13.5. The van der Waals surface area contributed by atoms with Crippen LogP contribution in [0.15, 0.2) is 29.6 Å². The summed E-state index contributed by atoms with van der Waals surface area (Å²) in [5.41, 5.74) is 4.79. The van der Waals surface area contributed by atoms with Gasteiger partial charge < -0.3 is 10.3 Å². The number of aromatic amines is 1. The molecule has 0 fully saturated rings. The van der Waals surface area contributed by atoms with Crippen molar-refractivity contribution in [2.24, 2.45) is 0 Å². The van der Waals surface area contributed by atoms with Gasteiger partial charge in [0.05, 0.1) is 6.04 Å². The molecule has 0 bridgehead atoms. The van der Waals surface area contributed by atoms with Crippen LogP contribution in [-0.2, 0) is 6.42 Å². The number of rotatable bonds is 1. The van der Waals surface area contributed by atoms with Gasteiger partial charge in [0, 0.05) is 28.0 Å². The molecule has 0 amide bonds. The van der Waals surface area contributed by atoms with Crippen molar-refractivity contribution in [3.8, 4) is 0 Å². The minimum atomic E-state index is -0.165. The Bertz CT molecular complexity index is 787. The molecule has 1 aliphatic heterocycles. The largest absolute Gasteiger partial charge is 0.357 e. The van der Waals surface area contributed by atoms with E-state index in [0.29, 0.717) is 0 Å². The molecule has 3 heterocycles. The minimum absolute atomic E-state index is 0.165. The van der Waals surface area contributed by atoms with E-state index < -0.39 is 0 Å². The first kappa shape index (κ1) is 12.1. The van der Waals surface area contributed by atoms with Crippen LogP contribution in [0.2, 0.25) is 0 Å². The molecule has 0 saturated carbocycles. The van der Waals surface area contributed by atoms with E-state index in [2.05, 4.69) is 28.7 Å². The number of aryl methyl sites for hydroxylation is 1. The van der Waals surface area contributed by atoms with Crippen molar-refractivity contribution in [2.45, 2.75) is 19.4 Å². The van der Waals surface area contributed by atoms with Gasteiger partial charge in [-0.05, 0) is 54.1 Å². The van der Waals surface area contributed by atoms with Crippen LogP contribution in [0.3, 0.4) is 0 Å². The van der Waals surface area contributed by atoms with E-state index in [1.54, 1.807) is 17.4 Å². The number of hydrogen-bond acceptors (Lipinski definition) is 2. The van der Waals surface area contributed by atoms with Gasteiger partial charge in [0.15, 0.2) is 0 Å². The topological polar surface area (TPSA) is 27.8 Å². The van der Waals surface area contributed by atoms with Gasteiger partial charge in [0.1, 0.15) is 5.82 Å². The average molecular weight is 286 g/mol. The smallest absolute Gasteiger partial charge is 0.123 e. The molecule has 3 aromatic rings. The summed E-state index contributed by atoms with van der Waals surface area (Å²) in [6.07, 6.45) is 0.944. The number of H-pyrrole nitrogens is 1. The number of hydrogen-bond donors (Lipinski definition) is 2. The molecule has 4 rings (SSSR count). The van der Waals surface area contributed by atoms with Crippen LogP contribution in [0.1, 0.15) is 27.7 Å². The summed E-state index contributed by atoms with van der Waals surface area (Å²) in [4.78, 5) is 4.83. The van der Waals surface area contributed by atoms with Crippen LogP contribution >= 0.6 is 11.3 Å². The minimum Gasteiger partial charge on any atom is -0.357 e. The van der Waals surface area contributed by atoms with Crippen molar-refractivity contribution in [1.82, 2.24) is 10.3 Å². The second-order valence-corrected chi connectivity index (χ2v) is 6.26. The second kappa shape index (κ2) is 4.43. The first-order chi connectivity index (χ1) is 9.74. The van der Waals surface area contributed by atoms with Crippen molar-refractivity contribution < 1.29 is 4.39 Å². The van der Waals surface area contributed by atoms with Crippen molar-refractivity contribution >= 4 is 22.2 Å². The second-order valence-electron chi connectivity index (χ2n) is 5.31. The molecule has 0 saturated heterocycles. The van der Waals surface area contributed by atoms with Gasteiger partial charge in [-0.25, -0.2) is 4.39 Å². The SMILES string of the molecule is Cc1ccsc1C1NCCc2c1[nH]c1ccc(F)cc21. The van der Waals surface area contributed by atoms with Crippen molar-refractivity contribution in [2.75, 3.05) is 6.54 Å². The molecule has 1 aliphatic rings. The Labute approximate surface area is 120 Å². The third-order valence-corrected chi connectivity index (χ3v) is 5.16. The third-order valence-electron chi connectivity index (χ3n) is 4.08. The summed E-state index contributed by atoms with van der Waals surface area (Å²) in [6, 6.07) is 7.35. The van der Waals surface area contributed by atoms with Crippen LogP contribution in [-0.4, -0.2) is 11.5 Å². The average Bonchev–Trinajstić information content (AvgIpc) is 3.02. The normalized spacial score (nSPS) is 18.4. The molecular formula is C16H15FN2S. The summed E-state index contributed by atoms with van der Waals surface area (Å²) in [5.74, 6) is -0.165. The lowest BCUT2D eigenvalue weighted by Crippen LogP contribution is -2.30. The molecule has 0 spiro atoms. The fourth-order valence-electron chi connectivity index (χ4n) is 3.10. The monoisotopic (exact) mass is 286 g/mol. The van der Waals surface area contributed by atoms with E-state index in [0.717, 1.165) is 23.9 Å². The molecule has 2 nitrogen and oxygen atoms in total. The third kappa shape index (κ3) is 1.72. The molecule has 1 atom stereocenters. The first-order valence-corrected chi connectivity index (χ1v) is 7.69. The summed E-state index contributed by atoms with van der Waals surface area (Å²) in [5, 5.41) is 6.74. The van der Waals surface area contributed by atoms with E-state index in [4.69, 9.17) is 0 Å². The molecule has 102 valence electrons. The maximum absolute atomic E-state index is 13.5. The van der Waals surface area contributed by atoms with Gasteiger partial charge >= 0.3 is 0 Å².